The Bertz CT molecular complexity index is 352. The highest BCUT2D eigenvalue weighted by atomic mass is 32.2. The summed E-state index contributed by atoms with van der Waals surface area (Å²) < 4.78 is 22.5. The summed E-state index contributed by atoms with van der Waals surface area (Å²) in [5.41, 5.74) is 0. The average molecular weight is 282 g/mol. The van der Waals surface area contributed by atoms with E-state index in [9.17, 15) is 8.42 Å². The van der Waals surface area contributed by atoms with Gasteiger partial charge in [-0.15, -0.1) is 0 Å². The predicted molar refractivity (Wildman–Crippen MR) is 68.5 cm³/mol. The van der Waals surface area contributed by atoms with Gasteiger partial charge in [0.05, 0.1) is 24.7 Å². The summed E-state index contributed by atoms with van der Waals surface area (Å²) in [6.45, 7) is 0.521. The summed E-state index contributed by atoms with van der Waals surface area (Å²) in [5, 5.41) is 21.0. The maximum Gasteiger partial charge on any atom is 0.169 e. The molecule has 0 amide bonds. The molecule has 8 heteroatoms. The molecule has 1 unspecified atom stereocenters. The van der Waals surface area contributed by atoms with Crippen molar-refractivity contribution in [1.29, 1.82) is 0 Å². The Morgan fingerprint density at radius 3 is 2.35 bits per heavy atom. The van der Waals surface area contributed by atoms with E-state index in [0.29, 0.717) is 24.6 Å². The Kier molecular flexibility index (Phi) is 5.57. The van der Waals surface area contributed by atoms with Crippen LogP contribution in [0.2, 0.25) is 0 Å². The van der Waals surface area contributed by atoms with Gasteiger partial charge in [-0.25, -0.2) is 8.42 Å². The first kappa shape index (κ1) is 14.6. The first-order chi connectivity index (χ1) is 7.98. The third-order valence-corrected chi connectivity index (χ3v) is 4.73. The normalized spacial score (nSPS) is 22.4. The van der Waals surface area contributed by atoms with Crippen LogP contribution in [0, 0.1) is 0 Å². The monoisotopic (exact) mass is 282 g/mol. The first-order valence-corrected chi connectivity index (χ1v) is 7.69. The second-order valence-corrected chi connectivity index (χ2v) is 6.60. The van der Waals surface area contributed by atoms with Crippen LogP contribution in [0.15, 0.2) is 0 Å². The third-order valence-electron chi connectivity index (χ3n) is 2.59. The zero-order valence-electron chi connectivity index (χ0n) is 9.50. The van der Waals surface area contributed by atoms with Crippen LogP contribution in [0.3, 0.4) is 0 Å². The van der Waals surface area contributed by atoms with Gasteiger partial charge in [0, 0.05) is 19.1 Å². The number of thiocarbonyl (C=S) groups is 1. The predicted octanol–water partition coefficient (Wildman–Crippen LogP) is -1.67. The number of hydrogen-bond acceptors (Lipinski definition) is 5. The van der Waals surface area contributed by atoms with Crippen LogP contribution in [0.1, 0.15) is 6.42 Å². The zero-order valence-corrected chi connectivity index (χ0v) is 11.1. The van der Waals surface area contributed by atoms with Crippen LogP contribution in [-0.4, -0.2) is 72.5 Å². The molecular formula is C9H18N2O4S2. The van der Waals surface area contributed by atoms with Gasteiger partial charge in [0.15, 0.2) is 14.9 Å². The summed E-state index contributed by atoms with van der Waals surface area (Å²) in [7, 11) is -2.93. The van der Waals surface area contributed by atoms with Crippen LogP contribution in [-0.2, 0) is 9.84 Å². The minimum Gasteiger partial charge on any atom is -0.395 e. The lowest BCUT2D eigenvalue weighted by Gasteiger charge is -2.26. The minimum absolute atomic E-state index is 0.0647. The highest BCUT2D eigenvalue weighted by Crippen LogP contribution is 2.11. The Morgan fingerprint density at radius 1 is 1.35 bits per heavy atom. The molecule has 1 rings (SSSR count). The molecule has 1 atom stereocenters. The number of nitrogens with one attached hydrogen (secondary N) is 1. The molecule has 3 N–H and O–H groups in total. The van der Waals surface area contributed by atoms with E-state index in [1.807, 2.05) is 0 Å². The SMILES string of the molecule is O=S1(=O)CCC(NC(=S)N(CCO)CCO)C1. The Labute approximate surface area is 107 Å². The van der Waals surface area contributed by atoms with Gasteiger partial charge < -0.3 is 20.4 Å². The van der Waals surface area contributed by atoms with Gasteiger partial charge in [-0.05, 0) is 18.6 Å². The summed E-state index contributed by atoms with van der Waals surface area (Å²) in [6, 6.07) is -0.160. The van der Waals surface area contributed by atoms with Crippen molar-refractivity contribution >= 4 is 27.2 Å². The summed E-state index contributed by atoms with van der Waals surface area (Å²) in [4.78, 5) is 1.63. The van der Waals surface area contributed by atoms with E-state index in [4.69, 9.17) is 22.4 Å². The zero-order chi connectivity index (χ0) is 12.9. The molecule has 0 aromatic carbocycles. The van der Waals surface area contributed by atoms with Crippen LogP contribution in [0.5, 0.6) is 0 Å². The largest absolute Gasteiger partial charge is 0.395 e. The lowest BCUT2D eigenvalue weighted by molar-refractivity contribution is 0.210. The number of aliphatic hydroxyl groups excluding tert-OH is 2. The molecule has 6 nitrogen and oxygen atoms in total. The van der Waals surface area contributed by atoms with Crippen LogP contribution >= 0.6 is 12.2 Å². The van der Waals surface area contributed by atoms with Gasteiger partial charge in [-0.3, -0.25) is 0 Å². The lowest BCUT2D eigenvalue weighted by atomic mass is 10.3. The maximum absolute atomic E-state index is 11.3. The number of aliphatic hydroxyl groups is 2. The highest BCUT2D eigenvalue weighted by molar-refractivity contribution is 7.91. The second kappa shape index (κ2) is 6.48. The number of rotatable bonds is 5. The van der Waals surface area contributed by atoms with Crippen LogP contribution < -0.4 is 5.32 Å². The smallest absolute Gasteiger partial charge is 0.169 e. The van der Waals surface area contributed by atoms with Gasteiger partial charge in [0.2, 0.25) is 0 Å². The topological polar surface area (TPSA) is 89.9 Å². The summed E-state index contributed by atoms with van der Waals surface area (Å²) in [5.74, 6) is 0.284. The van der Waals surface area contributed by atoms with E-state index < -0.39 is 9.84 Å². The van der Waals surface area contributed by atoms with Crippen molar-refractivity contribution in [3.05, 3.63) is 0 Å². The molecule has 1 aliphatic rings. The maximum atomic E-state index is 11.3. The van der Waals surface area contributed by atoms with Crippen molar-refractivity contribution in [3.8, 4) is 0 Å². The van der Waals surface area contributed by atoms with Crippen molar-refractivity contribution in [2.45, 2.75) is 12.5 Å². The molecule has 0 aliphatic carbocycles. The van der Waals surface area contributed by atoms with Crippen molar-refractivity contribution in [2.24, 2.45) is 0 Å². The fourth-order valence-corrected chi connectivity index (χ4v) is 3.75. The molecule has 1 saturated heterocycles. The van der Waals surface area contributed by atoms with Gasteiger partial charge in [-0.2, -0.15) is 0 Å². The van der Waals surface area contributed by atoms with Gasteiger partial charge in [0.25, 0.3) is 0 Å². The summed E-state index contributed by atoms with van der Waals surface area (Å²) >= 11 is 5.12. The van der Waals surface area contributed by atoms with E-state index in [-0.39, 0.29) is 30.8 Å². The molecule has 0 aromatic heterocycles. The standard InChI is InChI=1S/C9H18N2O4S2/c12-4-2-11(3-5-13)9(16)10-8-1-6-17(14,15)7-8/h8,12-13H,1-7H2,(H,10,16). The molecule has 0 spiro atoms. The fourth-order valence-electron chi connectivity index (χ4n) is 1.73. The number of sulfone groups is 1. The van der Waals surface area contributed by atoms with E-state index in [1.54, 1.807) is 4.90 Å². The fraction of sp³-hybridized carbons (Fsp3) is 0.889. The van der Waals surface area contributed by atoms with Gasteiger partial charge in [-0.1, -0.05) is 0 Å². The van der Waals surface area contributed by atoms with Gasteiger partial charge >= 0.3 is 0 Å². The number of nitrogens with zero attached hydrogens (tertiary/aromatic N) is 1. The van der Waals surface area contributed by atoms with E-state index in [1.165, 1.54) is 0 Å². The van der Waals surface area contributed by atoms with E-state index in [0.717, 1.165) is 0 Å². The molecule has 1 aliphatic heterocycles. The Hall–Kier alpha value is -0.440. The second-order valence-electron chi connectivity index (χ2n) is 3.98. The van der Waals surface area contributed by atoms with Gasteiger partial charge in [0.1, 0.15) is 0 Å². The average Bonchev–Trinajstić information content (AvgIpc) is 2.57. The quantitative estimate of drug-likeness (QED) is 0.520. The summed E-state index contributed by atoms with van der Waals surface area (Å²) in [6.07, 6.45) is 0.550. The Balaban J connectivity index is 2.47. The minimum atomic E-state index is -2.93. The molecule has 17 heavy (non-hydrogen) atoms. The van der Waals surface area contributed by atoms with Crippen LogP contribution in [0.4, 0.5) is 0 Å². The van der Waals surface area contributed by atoms with Crippen molar-refractivity contribution in [2.75, 3.05) is 37.8 Å². The molecule has 0 radical (unpaired) electrons. The molecule has 1 heterocycles. The molecule has 0 bridgehead atoms. The molecule has 1 fully saturated rings. The first-order valence-electron chi connectivity index (χ1n) is 5.46. The van der Waals surface area contributed by atoms with Crippen molar-refractivity contribution < 1.29 is 18.6 Å². The molecule has 100 valence electrons. The van der Waals surface area contributed by atoms with Crippen LogP contribution in [0.25, 0.3) is 0 Å². The molecule has 0 saturated carbocycles. The number of hydrogen-bond donors (Lipinski definition) is 3. The molecule has 0 aromatic rings. The van der Waals surface area contributed by atoms with E-state index in [2.05, 4.69) is 5.32 Å². The Morgan fingerprint density at radius 2 is 1.94 bits per heavy atom. The van der Waals surface area contributed by atoms with E-state index >= 15 is 0 Å². The third kappa shape index (κ3) is 4.74. The van der Waals surface area contributed by atoms with Crippen molar-refractivity contribution in [1.82, 2.24) is 10.2 Å². The van der Waals surface area contributed by atoms with Crippen molar-refractivity contribution in [3.63, 3.8) is 0 Å². The lowest BCUT2D eigenvalue weighted by Crippen LogP contribution is -2.47. The molecular weight excluding hydrogens is 264 g/mol. The highest BCUT2D eigenvalue weighted by Gasteiger charge is 2.28.